The van der Waals surface area contributed by atoms with Crippen molar-refractivity contribution in [2.24, 2.45) is 5.14 Å². The van der Waals surface area contributed by atoms with Crippen LogP contribution in [0.3, 0.4) is 0 Å². The quantitative estimate of drug-likeness (QED) is 0.421. The molecule has 0 saturated heterocycles. The number of ether oxygens (including phenoxy) is 1. The van der Waals surface area contributed by atoms with Gasteiger partial charge in [-0.05, 0) is 42.3 Å². The van der Waals surface area contributed by atoms with Gasteiger partial charge in [0.25, 0.3) is 0 Å². The van der Waals surface area contributed by atoms with Gasteiger partial charge in [-0.3, -0.25) is 0 Å². The minimum absolute atomic E-state index is 0.0358. The van der Waals surface area contributed by atoms with Gasteiger partial charge < -0.3 is 20.7 Å². The smallest absolute Gasteiger partial charge is 0.407 e. The van der Waals surface area contributed by atoms with Crippen LogP contribution in [-0.2, 0) is 21.4 Å². The molecular formula is C20H21FN6O4S. The summed E-state index contributed by atoms with van der Waals surface area (Å²) in [6.07, 6.45) is 0.410. The van der Waals surface area contributed by atoms with E-state index in [1.54, 1.807) is 43.3 Å². The highest BCUT2D eigenvalue weighted by Gasteiger charge is 2.14. The lowest BCUT2D eigenvalue weighted by Crippen LogP contribution is -2.18. The molecule has 1 aromatic heterocycles. The van der Waals surface area contributed by atoms with Crippen molar-refractivity contribution in [1.82, 2.24) is 15.3 Å². The van der Waals surface area contributed by atoms with Gasteiger partial charge in [0, 0.05) is 18.4 Å². The third-order valence-electron chi connectivity index (χ3n) is 4.26. The summed E-state index contributed by atoms with van der Waals surface area (Å²) in [5.41, 5.74) is 2.05. The van der Waals surface area contributed by atoms with E-state index in [1.165, 1.54) is 13.1 Å². The van der Waals surface area contributed by atoms with Crippen molar-refractivity contribution < 1.29 is 22.3 Å². The molecule has 1 heterocycles. The Kier molecular flexibility index (Phi) is 6.85. The number of alkyl carbamates (subject to hydrolysis) is 1. The number of amides is 1. The molecule has 0 unspecified atom stereocenters. The number of nitrogens with zero attached hydrogens (tertiary/aromatic N) is 2. The summed E-state index contributed by atoms with van der Waals surface area (Å²) < 4.78 is 42.7. The summed E-state index contributed by atoms with van der Waals surface area (Å²) in [5, 5.41) is 13.3. The number of primary sulfonamides is 1. The second kappa shape index (κ2) is 9.58. The Morgan fingerprint density at radius 1 is 1.16 bits per heavy atom. The number of benzene rings is 2. The van der Waals surface area contributed by atoms with Crippen molar-refractivity contribution >= 4 is 39.3 Å². The van der Waals surface area contributed by atoms with Gasteiger partial charge in [0.1, 0.15) is 6.61 Å². The highest BCUT2D eigenvalue weighted by atomic mass is 32.2. The third kappa shape index (κ3) is 5.89. The number of carbonyl (C=O) groups excluding carboxylic acids is 1. The van der Waals surface area contributed by atoms with Crippen molar-refractivity contribution in [3.05, 3.63) is 65.6 Å². The minimum Gasteiger partial charge on any atom is -0.445 e. The standard InChI is InChI=1S/C20H21FN6O4S/c1-12-6-7-15(9-17(12)32(22,29)30)26-19-24-10-16(21)18(27-19)25-14-5-3-4-13(8-14)11-31-20(28)23-2/h3-10H,11H2,1-2H3,(H,23,28)(H2,22,29,30)(H2,24,25,26,27). The first-order chi connectivity index (χ1) is 15.2. The number of aromatic nitrogens is 2. The molecule has 0 aliphatic heterocycles. The Labute approximate surface area is 184 Å². The molecular weight excluding hydrogens is 439 g/mol. The molecule has 5 N–H and O–H groups in total. The first-order valence-corrected chi connectivity index (χ1v) is 10.8. The van der Waals surface area contributed by atoms with Crippen LogP contribution in [0.4, 0.5) is 32.3 Å². The van der Waals surface area contributed by atoms with Crippen LogP contribution in [0.15, 0.2) is 53.6 Å². The maximum absolute atomic E-state index is 14.3. The number of hydrogen-bond donors (Lipinski definition) is 4. The molecule has 0 aliphatic rings. The molecule has 0 atom stereocenters. The first-order valence-electron chi connectivity index (χ1n) is 9.29. The lowest BCUT2D eigenvalue weighted by Gasteiger charge is -2.12. The van der Waals surface area contributed by atoms with E-state index in [0.29, 0.717) is 22.5 Å². The van der Waals surface area contributed by atoms with Gasteiger partial charge in [-0.25, -0.2) is 27.7 Å². The number of aryl methyl sites for hydroxylation is 1. The van der Waals surface area contributed by atoms with Gasteiger partial charge in [-0.15, -0.1) is 0 Å². The number of nitrogens with one attached hydrogen (secondary N) is 3. The van der Waals surface area contributed by atoms with Crippen molar-refractivity contribution in [1.29, 1.82) is 0 Å². The van der Waals surface area contributed by atoms with E-state index >= 15 is 0 Å². The van der Waals surface area contributed by atoms with Gasteiger partial charge >= 0.3 is 6.09 Å². The second-order valence-corrected chi connectivity index (χ2v) is 8.22. The molecule has 168 valence electrons. The Morgan fingerprint density at radius 3 is 2.62 bits per heavy atom. The van der Waals surface area contributed by atoms with Crippen LogP contribution < -0.4 is 21.1 Å². The SMILES string of the molecule is CNC(=O)OCc1cccc(Nc2nc(Nc3ccc(C)c(S(N)(=O)=O)c3)ncc2F)c1. The summed E-state index contributed by atoms with van der Waals surface area (Å²) >= 11 is 0. The zero-order chi connectivity index (χ0) is 23.3. The van der Waals surface area contributed by atoms with Crippen molar-refractivity contribution in [3.8, 4) is 0 Å². The maximum atomic E-state index is 14.3. The summed E-state index contributed by atoms with van der Waals surface area (Å²) in [6, 6.07) is 11.4. The number of rotatable bonds is 7. The van der Waals surface area contributed by atoms with E-state index < -0.39 is 21.9 Å². The summed E-state index contributed by atoms with van der Waals surface area (Å²) in [4.78, 5) is 19.2. The zero-order valence-corrected chi connectivity index (χ0v) is 18.0. The topological polar surface area (TPSA) is 148 Å². The third-order valence-corrected chi connectivity index (χ3v) is 5.31. The Morgan fingerprint density at radius 2 is 1.91 bits per heavy atom. The van der Waals surface area contributed by atoms with E-state index in [9.17, 15) is 17.6 Å². The molecule has 0 fully saturated rings. The van der Waals surface area contributed by atoms with Crippen molar-refractivity contribution in [2.75, 3.05) is 17.7 Å². The maximum Gasteiger partial charge on any atom is 0.407 e. The molecule has 0 radical (unpaired) electrons. The molecule has 0 aliphatic carbocycles. The van der Waals surface area contributed by atoms with Crippen molar-refractivity contribution in [2.45, 2.75) is 18.4 Å². The van der Waals surface area contributed by atoms with E-state index in [-0.39, 0.29) is 23.3 Å². The average molecular weight is 460 g/mol. The predicted octanol–water partition coefficient (Wildman–Crippen LogP) is 2.91. The van der Waals surface area contributed by atoms with Gasteiger partial charge in [0.05, 0.1) is 11.1 Å². The predicted molar refractivity (Wildman–Crippen MR) is 117 cm³/mol. The molecule has 10 nitrogen and oxygen atoms in total. The highest BCUT2D eigenvalue weighted by molar-refractivity contribution is 7.89. The van der Waals surface area contributed by atoms with Gasteiger partial charge in [0.2, 0.25) is 16.0 Å². The van der Waals surface area contributed by atoms with Crippen LogP contribution in [0.2, 0.25) is 0 Å². The number of nitrogens with two attached hydrogens (primary N) is 1. The van der Waals surface area contributed by atoms with Crippen LogP contribution in [0, 0.1) is 12.7 Å². The number of sulfonamides is 1. The summed E-state index contributed by atoms with van der Waals surface area (Å²) in [6.45, 7) is 1.65. The van der Waals surface area contributed by atoms with Crippen LogP contribution >= 0.6 is 0 Å². The Bertz CT molecular complexity index is 1250. The number of hydrogen-bond acceptors (Lipinski definition) is 8. The zero-order valence-electron chi connectivity index (χ0n) is 17.2. The lowest BCUT2D eigenvalue weighted by molar-refractivity contribution is 0.142. The molecule has 1 amide bonds. The normalized spacial score (nSPS) is 11.0. The second-order valence-electron chi connectivity index (χ2n) is 6.69. The first kappa shape index (κ1) is 22.9. The summed E-state index contributed by atoms with van der Waals surface area (Å²) in [7, 11) is -2.45. The molecule has 0 saturated carbocycles. The Balaban J connectivity index is 1.79. The van der Waals surface area contributed by atoms with Crippen LogP contribution in [0.1, 0.15) is 11.1 Å². The molecule has 2 aromatic carbocycles. The fraction of sp³-hybridized carbons (Fsp3) is 0.150. The Hall–Kier alpha value is -3.77. The largest absolute Gasteiger partial charge is 0.445 e. The number of carbonyl (C=O) groups is 1. The monoisotopic (exact) mass is 460 g/mol. The molecule has 32 heavy (non-hydrogen) atoms. The molecule has 0 spiro atoms. The highest BCUT2D eigenvalue weighted by Crippen LogP contribution is 2.24. The molecule has 3 rings (SSSR count). The van der Waals surface area contributed by atoms with Crippen LogP contribution in [0.25, 0.3) is 0 Å². The fourth-order valence-electron chi connectivity index (χ4n) is 2.73. The van der Waals surface area contributed by atoms with Crippen molar-refractivity contribution in [3.63, 3.8) is 0 Å². The molecule has 12 heteroatoms. The molecule has 0 bridgehead atoms. The van der Waals surface area contributed by atoms with E-state index in [0.717, 1.165) is 6.20 Å². The van der Waals surface area contributed by atoms with Crippen LogP contribution in [0.5, 0.6) is 0 Å². The minimum atomic E-state index is -3.91. The summed E-state index contributed by atoms with van der Waals surface area (Å²) in [5.74, 6) is -0.764. The van der Waals surface area contributed by atoms with E-state index in [1.807, 2.05) is 0 Å². The average Bonchev–Trinajstić information content (AvgIpc) is 2.75. The lowest BCUT2D eigenvalue weighted by atomic mass is 10.2. The van der Waals surface area contributed by atoms with Gasteiger partial charge in [-0.2, -0.15) is 4.98 Å². The van der Waals surface area contributed by atoms with Crippen LogP contribution in [-0.4, -0.2) is 31.5 Å². The van der Waals surface area contributed by atoms with Gasteiger partial charge in [-0.1, -0.05) is 18.2 Å². The number of halogens is 1. The van der Waals surface area contributed by atoms with E-state index in [4.69, 9.17) is 9.88 Å². The fourth-order valence-corrected chi connectivity index (χ4v) is 3.53. The molecule has 3 aromatic rings. The van der Waals surface area contributed by atoms with Gasteiger partial charge in [0.15, 0.2) is 11.6 Å². The van der Waals surface area contributed by atoms with E-state index in [2.05, 4.69) is 25.9 Å². The number of anilines is 4.